The second-order valence-corrected chi connectivity index (χ2v) is 8.75. The van der Waals surface area contributed by atoms with Crippen LogP contribution in [-0.2, 0) is 6.54 Å². The fraction of sp³-hybridized carbons (Fsp3) is 0.304. The van der Waals surface area contributed by atoms with E-state index in [4.69, 9.17) is 0 Å². The number of pyridine rings is 1. The molecule has 0 N–H and O–H groups in total. The van der Waals surface area contributed by atoms with Crippen LogP contribution in [0.4, 0.5) is 10.2 Å². The lowest BCUT2D eigenvalue weighted by Gasteiger charge is -2.35. The highest BCUT2D eigenvalue weighted by atomic mass is 32.1. The first-order chi connectivity index (χ1) is 14.5. The number of carbonyl (C=O) groups excluding carboxylic acids is 1. The molecule has 5 nitrogen and oxygen atoms in total. The van der Waals surface area contributed by atoms with E-state index >= 15 is 0 Å². The first-order valence-electron chi connectivity index (χ1n) is 10.0. The normalized spacial score (nSPS) is 14.7. The van der Waals surface area contributed by atoms with Gasteiger partial charge in [-0.3, -0.25) is 9.69 Å². The molecule has 1 aliphatic heterocycles. The summed E-state index contributed by atoms with van der Waals surface area (Å²) in [4.78, 5) is 25.6. The quantitative estimate of drug-likeness (QED) is 0.621. The second kappa shape index (κ2) is 8.93. The van der Waals surface area contributed by atoms with Crippen LogP contribution >= 0.6 is 11.3 Å². The zero-order valence-corrected chi connectivity index (χ0v) is 18.0. The molecule has 1 fully saturated rings. The number of thiophene rings is 1. The maximum Gasteiger partial charge on any atom is 0.257 e. The largest absolute Gasteiger partial charge is 0.362 e. The lowest BCUT2D eigenvalue weighted by atomic mass is 10.2. The summed E-state index contributed by atoms with van der Waals surface area (Å²) < 4.78 is 14.0. The topological polar surface area (TPSA) is 39.7 Å². The maximum absolute atomic E-state index is 14.0. The van der Waals surface area contributed by atoms with Crippen molar-refractivity contribution in [2.45, 2.75) is 6.54 Å². The number of nitrogens with zero attached hydrogens (tertiary/aromatic N) is 4. The Morgan fingerprint density at radius 3 is 2.57 bits per heavy atom. The standard InChI is InChI=1S/C23H25FN4OS/c1-26(2)22-19(7-5-11-25-22)23(29)28-14-12-27(13-15-28)16-17-9-10-21(30-17)18-6-3-4-8-20(18)24/h3-11H,12-16H2,1-2H3. The van der Waals surface area contributed by atoms with Crippen LogP contribution in [0.2, 0.25) is 0 Å². The predicted octanol–water partition coefficient (Wildman–Crippen LogP) is 3.97. The molecule has 156 valence electrons. The average Bonchev–Trinajstić information content (AvgIpc) is 3.22. The number of aromatic nitrogens is 1. The van der Waals surface area contributed by atoms with E-state index in [1.807, 2.05) is 48.2 Å². The molecule has 2 aromatic heterocycles. The molecule has 0 aliphatic carbocycles. The lowest BCUT2D eigenvalue weighted by molar-refractivity contribution is 0.0630. The van der Waals surface area contributed by atoms with Crippen molar-refractivity contribution < 1.29 is 9.18 Å². The Morgan fingerprint density at radius 1 is 1.07 bits per heavy atom. The van der Waals surface area contributed by atoms with Crippen LogP contribution in [0.15, 0.2) is 54.7 Å². The zero-order chi connectivity index (χ0) is 21.1. The van der Waals surface area contributed by atoms with Crippen LogP contribution in [0.1, 0.15) is 15.2 Å². The Kier molecular flexibility index (Phi) is 6.11. The van der Waals surface area contributed by atoms with Gasteiger partial charge in [0.25, 0.3) is 5.91 Å². The van der Waals surface area contributed by atoms with Gasteiger partial charge in [0.2, 0.25) is 0 Å². The van der Waals surface area contributed by atoms with Gasteiger partial charge < -0.3 is 9.80 Å². The first kappa shape index (κ1) is 20.5. The summed E-state index contributed by atoms with van der Waals surface area (Å²) >= 11 is 1.63. The van der Waals surface area contributed by atoms with Gasteiger partial charge in [-0.05, 0) is 30.3 Å². The highest BCUT2D eigenvalue weighted by Crippen LogP contribution is 2.30. The van der Waals surface area contributed by atoms with Gasteiger partial charge in [0, 0.05) is 68.3 Å². The van der Waals surface area contributed by atoms with Crippen molar-refractivity contribution in [3.63, 3.8) is 0 Å². The molecular weight excluding hydrogens is 399 g/mol. The minimum absolute atomic E-state index is 0.0319. The van der Waals surface area contributed by atoms with E-state index in [9.17, 15) is 9.18 Å². The monoisotopic (exact) mass is 424 g/mol. The van der Waals surface area contributed by atoms with Gasteiger partial charge in [-0.1, -0.05) is 18.2 Å². The summed E-state index contributed by atoms with van der Waals surface area (Å²) in [5, 5.41) is 0. The van der Waals surface area contributed by atoms with Crippen molar-refractivity contribution in [1.82, 2.24) is 14.8 Å². The number of benzene rings is 1. The maximum atomic E-state index is 14.0. The number of anilines is 1. The highest BCUT2D eigenvalue weighted by Gasteiger charge is 2.25. The summed E-state index contributed by atoms with van der Waals surface area (Å²) in [6.45, 7) is 3.82. The van der Waals surface area contributed by atoms with Crippen LogP contribution in [-0.4, -0.2) is 61.0 Å². The molecule has 1 amide bonds. The van der Waals surface area contributed by atoms with E-state index in [2.05, 4.69) is 16.0 Å². The summed E-state index contributed by atoms with van der Waals surface area (Å²) in [6.07, 6.45) is 1.71. The minimum atomic E-state index is -0.189. The Morgan fingerprint density at radius 2 is 1.83 bits per heavy atom. The molecule has 0 saturated carbocycles. The van der Waals surface area contributed by atoms with Crippen LogP contribution in [0.3, 0.4) is 0 Å². The van der Waals surface area contributed by atoms with E-state index in [1.165, 1.54) is 10.9 Å². The third-order valence-electron chi connectivity index (χ3n) is 5.28. The van der Waals surface area contributed by atoms with Gasteiger partial charge in [0.15, 0.2) is 0 Å². The molecule has 0 unspecified atom stereocenters. The minimum Gasteiger partial charge on any atom is -0.362 e. The Hall–Kier alpha value is -2.77. The SMILES string of the molecule is CN(C)c1ncccc1C(=O)N1CCN(Cc2ccc(-c3ccccc3F)s2)CC1. The molecule has 0 bridgehead atoms. The summed E-state index contributed by atoms with van der Waals surface area (Å²) in [7, 11) is 3.79. The molecule has 3 aromatic rings. The summed E-state index contributed by atoms with van der Waals surface area (Å²) in [6, 6.07) is 14.6. The first-order valence-corrected chi connectivity index (χ1v) is 10.8. The van der Waals surface area contributed by atoms with Crippen molar-refractivity contribution in [1.29, 1.82) is 0 Å². The molecule has 3 heterocycles. The number of hydrogen-bond donors (Lipinski definition) is 0. The van der Waals surface area contributed by atoms with Gasteiger partial charge in [-0.25, -0.2) is 9.37 Å². The Balaban J connectivity index is 1.37. The summed E-state index contributed by atoms with van der Waals surface area (Å²) in [5.41, 5.74) is 1.29. The molecule has 0 spiro atoms. The number of hydrogen-bond acceptors (Lipinski definition) is 5. The molecular formula is C23H25FN4OS. The average molecular weight is 425 g/mol. The van der Waals surface area contributed by atoms with Crippen molar-refractivity contribution in [3.8, 4) is 10.4 Å². The lowest BCUT2D eigenvalue weighted by Crippen LogP contribution is -2.48. The van der Waals surface area contributed by atoms with E-state index in [1.54, 1.807) is 29.7 Å². The van der Waals surface area contributed by atoms with Crippen molar-refractivity contribution in [3.05, 3.63) is 71.0 Å². The van der Waals surface area contributed by atoms with Crippen LogP contribution in [0, 0.1) is 5.82 Å². The number of piperazine rings is 1. The molecule has 0 radical (unpaired) electrons. The molecule has 7 heteroatoms. The van der Waals surface area contributed by atoms with Crippen LogP contribution in [0.25, 0.3) is 10.4 Å². The van der Waals surface area contributed by atoms with Gasteiger partial charge in [-0.2, -0.15) is 0 Å². The van der Waals surface area contributed by atoms with E-state index < -0.39 is 0 Å². The molecule has 0 atom stereocenters. The number of amides is 1. The molecule has 4 rings (SSSR count). The van der Waals surface area contributed by atoms with Gasteiger partial charge in [0.1, 0.15) is 11.6 Å². The molecule has 1 aromatic carbocycles. The van der Waals surface area contributed by atoms with E-state index in [0.29, 0.717) is 30.0 Å². The smallest absolute Gasteiger partial charge is 0.257 e. The predicted molar refractivity (Wildman–Crippen MR) is 119 cm³/mol. The molecule has 30 heavy (non-hydrogen) atoms. The fourth-order valence-electron chi connectivity index (χ4n) is 3.69. The second-order valence-electron chi connectivity index (χ2n) is 7.58. The third kappa shape index (κ3) is 4.37. The highest BCUT2D eigenvalue weighted by molar-refractivity contribution is 7.15. The van der Waals surface area contributed by atoms with Crippen LogP contribution < -0.4 is 4.90 Å². The van der Waals surface area contributed by atoms with E-state index in [0.717, 1.165) is 24.5 Å². The summed E-state index contributed by atoms with van der Waals surface area (Å²) in [5.74, 6) is 0.541. The van der Waals surface area contributed by atoms with Gasteiger partial charge >= 0.3 is 0 Å². The number of carbonyl (C=O) groups is 1. The Labute approximate surface area is 180 Å². The number of rotatable bonds is 5. The molecule has 1 aliphatic rings. The third-order valence-corrected chi connectivity index (χ3v) is 6.38. The van der Waals surface area contributed by atoms with Gasteiger partial charge in [0.05, 0.1) is 5.56 Å². The Bertz CT molecular complexity index is 1030. The van der Waals surface area contributed by atoms with Crippen molar-refractivity contribution in [2.24, 2.45) is 0 Å². The van der Waals surface area contributed by atoms with Gasteiger partial charge in [-0.15, -0.1) is 11.3 Å². The van der Waals surface area contributed by atoms with E-state index in [-0.39, 0.29) is 11.7 Å². The fourth-order valence-corrected chi connectivity index (χ4v) is 4.77. The van der Waals surface area contributed by atoms with Crippen molar-refractivity contribution >= 4 is 23.1 Å². The van der Waals surface area contributed by atoms with Crippen LogP contribution in [0.5, 0.6) is 0 Å². The number of halogens is 1. The zero-order valence-electron chi connectivity index (χ0n) is 17.2. The van der Waals surface area contributed by atoms with Crippen molar-refractivity contribution in [2.75, 3.05) is 45.2 Å². The molecule has 1 saturated heterocycles.